The van der Waals surface area contributed by atoms with Gasteiger partial charge in [0.05, 0.1) is 17.0 Å². The SMILES string of the molecule is CCOC(=O)c1sc2nc(/C(Cl)=C/c3ccc(OCC(=O)O)cc3)[nH]c(=O)c2c1C. The third-order valence-electron chi connectivity index (χ3n) is 4.02. The number of esters is 1. The maximum atomic E-state index is 12.6. The number of halogens is 1. The normalized spacial score (nSPS) is 11.5. The first-order chi connectivity index (χ1) is 14.3. The van der Waals surface area contributed by atoms with Gasteiger partial charge in [0, 0.05) is 0 Å². The lowest BCUT2D eigenvalue weighted by atomic mass is 10.2. The Kier molecular flexibility index (Phi) is 6.53. The van der Waals surface area contributed by atoms with Crippen molar-refractivity contribution in [2.75, 3.05) is 13.2 Å². The van der Waals surface area contributed by atoms with Gasteiger partial charge in [-0.15, -0.1) is 11.3 Å². The summed E-state index contributed by atoms with van der Waals surface area (Å²) in [7, 11) is 0. The summed E-state index contributed by atoms with van der Waals surface area (Å²) < 4.78 is 10.1. The molecule has 0 bridgehead atoms. The molecule has 8 nitrogen and oxygen atoms in total. The van der Waals surface area contributed by atoms with E-state index >= 15 is 0 Å². The van der Waals surface area contributed by atoms with E-state index in [4.69, 9.17) is 26.2 Å². The molecule has 0 saturated heterocycles. The molecule has 0 aliphatic heterocycles. The molecule has 0 unspecified atom stereocenters. The van der Waals surface area contributed by atoms with Gasteiger partial charge >= 0.3 is 11.9 Å². The molecule has 3 rings (SSSR count). The Hall–Kier alpha value is -3.17. The van der Waals surface area contributed by atoms with E-state index in [1.54, 1.807) is 44.2 Å². The number of fused-ring (bicyclic) bond motifs is 1. The van der Waals surface area contributed by atoms with Gasteiger partial charge in [-0.2, -0.15) is 0 Å². The molecular weight excluding hydrogens is 432 g/mol. The van der Waals surface area contributed by atoms with Crippen molar-refractivity contribution in [2.45, 2.75) is 13.8 Å². The van der Waals surface area contributed by atoms with Crippen molar-refractivity contribution in [1.29, 1.82) is 0 Å². The molecule has 0 aliphatic carbocycles. The minimum absolute atomic E-state index is 0.164. The van der Waals surface area contributed by atoms with Gasteiger partial charge in [-0.25, -0.2) is 14.6 Å². The topological polar surface area (TPSA) is 119 Å². The minimum atomic E-state index is -1.07. The highest BCUT2D eigenvalue weighted by molar-refractivity contribution is 7.20. The number of carboxylic acids is 1. The average molecular weight is 449 g/mol. The van der Waals surface area contributed by atoms with Crippen molar-refractivity contribution in [3.05, 3.63) is 56.4 Å². The van der Waals surface area contributed by atoms with E-state index in [9.17, 15) is 14.4 Å². The van der Waals surface area contributed by atoms with Crippen LogP contribution in [0.2, 0.25) is 0 Å². The highest BCUT2D eigenvalue weighted by atomic mass is 35.5. The van der Waals surface area contributed by atoms with Gasteiger partial charge in [0.2, 0.25) is 0 Å². The summed E-state index contributed by atoms with van der Waals surface area (Å²) in [5.74, 6) is -0.996. The first-order valence-electron chi connectivity index (χ1n) is 8.83. The van der Waals surface area contributed by atoms with Gasteiger partial charge in [-0.05, 0) is 43.2 Å². The number of aromatic nitrogens is 2. The Morgan fingerprint density at radius 3 is 2.63 bits per heavy atom. The number of nitrogens with zero attached hydrogens (tertiary/aromatic N) is 1. The van der Waals surface area contributed by atoms with Crippen LogP contribution in [0.4, 0.5) is 0 Å². The van der Waals surface area contributed by atoms with E-state index in [1.807, 2.05) is 0 Å². The molecule has 2 aromatic heterocycles. The maximum Gasteiger partial charge on any atom is 0.348 e. The van der Waals surface area contributed by atoms with Crippen LogP contribution in [0.25, 0.3) is 21.3 Å². The number of carboxylic acid groups (broad SMARTS) is 1. The average Bonchev–Trinajstić information content (AvgIpc) is 3.04. The molecule has 10 heteroatoms. The maximum absolute atomic E-state index is 12.6. The molecule has 156 valence electrons. The molecule has 0 radical (unpaired) electrons. The van der Waals surface area contributed by atoms with Crippen molar-refractivity contribution in [3.63, 3.8) is 0 Å². The van der Waals surface area contributed by atoms with Crippen LogP contribution in [-0.4, -0.2) is 40.2 Å². The zero-order chi connectivity index (χ0) is 21.8. The predicted octanol–water partition coefficient (Wildman–Crippen LogP) is 3.67. The molecule has 30 heavy (non-hydrogen) atoms. The number of benzene rings is 1. The number of rotatable bonds is 7. The fourth-order valence-corrected chi connectivity index (χ4v) is 3.96. The third kappa shape index (κ3) is 4.69. The second-order valence-corrected chi connectivity index (χ2v) is 7.52. The fraction of sp³-hybridized carbons (Fsp3) is 0.200. The van der Waals surface area contributed by atoms with Gasteiger partial charge in [0.1, 0.15) is 15.5 Å². The number of thiophene rings is 1. The van der Waals surface area contributed by atoms with E-state index in [1.165, 1.54) is 0 Å². The Labute approximate surface area is 179 Å². The van der Waals surface area contributed by atoms with Crippen LogP contribution in [0, 0.1) is 6.92 Å². The number of ether oxygens (including phenoxy) is 2. The van der Waals surface area contributed by atoms with Crippen molar-refractivity contribution in [2.24, 2.45) is 0 Å². The summed E-state index contributed by atoms with van der Waals surface area (Å²) in [4.78, 5) is 42.9. The molecular formula is C20H17ClN2O6S. The largest absolute Gasteiger partial charge is 0.482 e. The van der Waals surface area contributed by atoms with Crippen molar-refractivity contribution < 1.29 is 24.2 Å². The molecule has 0 saturated carbocycles. The summed E-state index contributed by atoms with van der Waals surface area (Å²) >= 11 is 7.42. The van der Waals surface area contributed by atoms with Crippen LogP contribution in [0.15, 0.2) is 29.1 Å². The second-order valence-electron chi connectivity index (χ2n) is 6.12. The van der Waals surface area contributed by atoms with E-state index in [0.29, 0.717) is 32.0 Å². The number of hydrogen-bond donors (Lipinski definition) is 2. The fourth-order valence-electron chi connectivity index (χ4n) is 2.67. The first-order valence-corrected chi connectivity index (χ1v) is 10.0. The standard InChI is InChI=1S/C20H17ClN2O6S/c1-3-28-20(27)16-10(2)15-18(26)22-17(23-19(15)30-16)13(21)8-11-4-6-12(7-5-11)29-9-14(24)25/h4-8H,3,9H2,1-2H3,(H,24,25)(H,22,23,26)/b13-8-. The minimum Gasteiger partial charge on any atom is -0.482 e. The molecule has 3 aromatic rings. The van der Waals surface area contributed by atoms with Crippen LogP contribution in [-0.2, 0) is 9.53 Å². The molecule has 1 aromatic carbocycles. The predicted molar refractivity (Wildman–Crippen MR) is 114 cm³/mol. The number of nitrogens with one attached hydrogen (secondary N) is 1. The van der Waals surface area contributed by atoms with E-state index in [2.05, 4.69) is 9.97 Å². The number of hydrogen-bond acceptors (Lipinski definition) is 7. The van der Waals surface area contributed by atoms with Gasteiger partial charge in [-0.1, -0.05) is 23.7 Å². The van der Waals surface area contributed by atoms with Crippen LogP contribution in [0.1, 0.15) is 33.5 Å². The van der Waals surface area contributed by atoms with Crippen LogP contribution in [0.5, 0.6) is 5.75 Å². The summed E-state index contributed by atoms with van der Waals surface area (Å²) in [6.07, 6.45) is 1.60. The monoisotopic (exact) mass is 448 g/mol. The Bertz CT molecular complexity index is 1200. The molecule has 2 N–H and O–H groups in total. The molecule has 0 spiro atoms. The Morgan fingerprint density at radius 1 is 1.30 bits per heavy atom. The molecule has 2 heterocycles. The Balaban J connectivity index is 1.91. The van der Waals surface area contributed by atoms with E-state index < -0.39 is 24.1 Å². The lowest BCUT2D eigenvalue weighted by Gasteiger charge is -2.04. The quantitative estimate of drug-likeness (QED) is 0.529. The zero-order valence-corrected chi connectivity index (χ0v) is 17.6. The summed E-state index contributed by atoms with van der Waals surface area (Å²) in [5.41, 5.74) is 0.814. The number of aliphatic carboxylic acids is 1. The lowest BCUT2D eigenvalue weighted by Crippen LogP contribution is -2.11. The van der Waals surface area contributed by atoms with E-state index in [0.717, 1.165) is 11.3 Å². The number of carbonyl (C=O) groups is 2. The smallest absolute Gasteiger partial charge is 0.348 e. The Morgan fingerprint density at radius 2 is 2.00 bits per heavy atom. The first kappa shape index (κ1) is 21.5. The van der Waals surface area contributed by atoms with Gasteiger partial charge in [-0.3, -0.25) is 4.79 Å². The van der Waals surface area contributed by atoms with Crippen LogP contribution in [0.3, 0.4) is 0 Å². The number of aryl methyl sites for hydroxylation is 1. The second kappa shape index (κ2) is 9.10. The lowest BCUT2D eigenvalue weighted by molar-refractivity contribution is -0.139. The zero-order valence-electron chi connectivity index (χ0n) is 16.0. The third-order valence-corrected chi connectivity index (χ3v) is 5.48. The van der Waals surface area contributed by atoms with Gasteiger partial charge < -0.3 is 19.6 Å². The van der Waals surface area contributed by atoms with E-state index in [-0.39, 0.29) is 17.5 Å². The van der Waals surface area contributed by atoms with Crippen molar-refractivity contribution in [3.8, 4) is 5.75 Å². The highest BCUT2D eigenvalue weighted by Gasteiger charge is 2.20. The van der Waals surface area contributed by atoms with Crippen molar-refractivity contribution in [1.82, 2.24) is 9.97 Å². The van der Waals surface area contributed by atoms with Crippen molar-refractivity contribution >= 4 is 56.2 Å². The molecule has 0 atom stereocenters. The van der Waals surface area contributed by atoms with Crippen LogP contribution >= 0.6 is 22.9 Å². The summed E-state index contributed by atoms with van der Waals surface area (Å²) in [5, 5.41) is 9.16. The number of aromatic amines is 1. The summed E-state index contributed by atoms with van der Waals surface area (Å²) in [6, 6.07) is 6.58. The van der Waals surface area contributed by atoms with Gasteiger partial charge in [0.25, 0.3) is 5.56 Å². The van der Waals surface area contributed by atoms with Crippen LogP contribution < -0.4 is 10.3 Å². The summed E-state index contributed by atoms with van der Waals surface area (Å²) in [6.45, 7) is 3.18. The number of carbonyl (C=O) groups excluding carboxylic acids is 1. The highest BCUT2D eigenvalue weighted by Crippen LogP contribution is 2.29. The molecule has 0 amide bonds. The van der Waals surface area contributed by atoms with Gasteiger partial charge in [0.15, 0.2) is 12.4 Å². The number of H-pyrrole nitrogens is 1. The molecule has 0 fully saturated rings. The molecule has 0 aliphatic rings.